The summed E-state index contributed by atoms with van der Waals surface area (Å²) in [6.07, 6.45) is -4.59. The Labute approximate surface area is 255 Å². The summed E-state index contributed by atoms with van der Waals surface area (Å²) in [6.45, 7) is -0.215. The fourth-order valence-electron chi connectivity index (χ4n) is 3.94. The molecule has 0 saturated heterocycles. The number of hydrogen-bond donors (Lipinski definition) is 3. The summed E-state index contributed by atoms with van der Waals surface area (Å²) in [5, 5.41) is 13.1. The molecule has 4 rings (SSSR count). The van der Waals surface area contributed by atoms with Crippen LogP contribution in [0.2, 0.25) is 0 Å². The first kappa shape index (κ1) is 32.0. The molecule has 0 heterocycles. The molecule has 4 aromatic rings. The van der Waals surface area contributed by atoms with Crippen LogP contribution in [0.4, 0.5) is 18.0 Å². The number of carbonyl (C=O) groups excluding carboxylic acids is 2. The predicted molar refractivity (Wildman–Crippen MR) is 160 cm³/mol. The minimum absolute atomic E-state index is 0.0387. The summed E-state index contributed by atoms with van der Waals surface area (Å²) in [4.78, 5) is 38.4. The Morgan fingerprint density at radius 2 is 1.43 bits per heavy atom. The molecule has 0 aliphatic rings. The number of carboxylic acids is 1. The zero-order valence-electron chi connectivity index (χ0n) is 23.2. The number of para-hydroxylation sites is 1. The third kappa shape index (κ3) is 9.53. The number of hydrogen-bond acceptors (Lipinski definition) is 5. The summed E-state index contributed by atoms with van der Waals surface area (Å²) in [6, 6.07) is 26.3. The number of hydrazine groups is 1. The SMILES string of the molecule is O=C(NN(Cc1cccc(Oc2ccccc2)c1)C(=O)N[C@@H](CSCc1ccccc1)C(=O)O)c1ccc(C(F)(F)F)cc1. The molecule has 1 atom stereocenters. The van der Waals surface area contributed by atoms with Crippen LogP contribution in [-0.4, -0.2) is 39.8 Å². The van der Waals surface area contributed by atoms with Gasteiger partial charge in [0.15, 0.2) is 0 Å². The van der Waals surface area contributed by atoms with Gasteiger partial charge in [0.05, 0.1) is 12.1 Å². The maximum atomic E-state index is 13.4. The van der Waals surface area contributed by atoms with Crippen molar-refractivity contribution < 1.29 is 37.4 Å². The Balaban J connectivity index is 1.51. The number of aliphatic carboxylic acids is 1. The Bertz CT molecular complexity index is 1560. The average molecular weight is 624 g/mol. The minimum atomic E-state index is -4.59. The first-order valence-electron chi connectivity index (χ1n) is 13.3. The van der Waals surface area contributed by atoms with Gasteiger partial charge in [-0.25, -0.2) is 14.6 Å². The van der Waals surface area contributed by atoms with Crippen molar-refractivity contribution in [2.24, 2.45) is 0 Å². The van der Waals surface area contributed by atoms with Crippen LogP contribution in [0.25, 0.3) is 0 Å². The molecule has 0 aliphatic heterocycles. The van der Waals surface area contributed by atoms with Crippen molar-refractivity contribution in [1.82, 2.24) is 15.8 Å². The molecule has 8 nitrogen and oxygen atoms in total. The number of urea groups is 1. The molecular formula is C32H28F3N3O5S. The van der Waals surface area contributed by atoms with Gasteiger partial charge in [0.1, 0.15) is 17.5 Å². The second kappa shape index (κ2) is 15.0. The van der Waals surface area contributed by atoms with E-state index in [0.29, 0.717) is 22.8 Å². The van der Waals surface area contributed by atoms with Crippen LogP contribution in [0.1, 0.15) is 27.0 Å². The predicted octanol–water partition coefficient (Wildman–Crippen LogP) is 6.74. The van der Waals surface area contributed by atoms with E-state index >= 15 is 0 Å². The molecule has 0 bridgehead atoms. The van der Waals surface area contributed by atoms with E-state index in [1.165, 1.54) is 11.8 Å². The van der Waals surface area contributed by atoms with Crippen LogP contribution in [0.15, 0.2) is 109 Å². The molecule has 0 aromatic heterocycles. The molecule has 0 saturated carbocycles. The Morgan fingerprint density at radius 3 is 2.07 bits per heavy atom. The van der Waals surface area contributed by atoms with Crippen LogP contribution in [0.5, 0.6) is 11.5 Å². The lowest BCUT2D eigenvalue weighted by molar-refractivity contribution is -0.139. The number of nitrogens with zero attached hydrogens (tertiary/aromatic N) is 1. The van der Waals surface area contributed by atoms with Crippen molar-refractivity contribution in [2.75, 3.05) is 5.75 Å². The molecule has 0 radical (unpaired) electrons. The highest BCUT2D eigenvalue weighted by molar-refractivity contribution is 7.98. The highest BCUT2D eigenvalue weighted by atomic mass is 32.2. The van der Waals surface area contributed by atoms with E-state index in [-0.39, 0.29) is 17.9 Å². The Kier molecular flexibility index (Phi) is 10.9. The first-order chi connectivity index (χ1) is 21.1. The van der Waals surface area contributed by atoms with Gasteiger partial charge in [0, 0.05) is 17.1 Å². The van der Waals surface area contributed by atoms with Crippen LogP contribution in [-0.2, 0) is 23.3 Å². The third-order valence-electron chi connectivity index (χ3n) is 6.17. The smallest absolute Gasteiger partial charge is 0.416 e. The lowest BCUT2D eigenvalue weighted by Crippen LogP contribution is -2.54. The summed E-state index contributed by atoms with van der Waals surface area (Å²) in [5.41, 5.74) is 2.83. The highest BCUT2D eigenvalue weighted by Crippen LogP contribution is 2.29. The third-order valence-corrected chi connectivity index (χ3v) is 7.27. The zero-order valence-corrected chi connectivity index (χ0v) is 24.0. The molecule has 0 fully saturated rings. The second-order valence-electron chi connectivity index (χ2n) is 9.51. The summed E-state index contributed by atoms with van der Waals surface area (Å²) in [5.74, 6) is -0.557. The van der Waals surface area contributed by atoms with Gasteiger partial charge in [-0.05, 0) is 59.7 Å². The van der Waals surface area contributed by atoms with Crippen molar-refractivity contribution >= 4 is 29.7 Å². The summed E-state index contributed by atoms with van der Waals surface area (Å²) >= 11 is 1.31. The number of carbonyl (C=O) groups is 3. The Hall–Kier alpha value is -4.97. The van der Waals surface area contributed by atoms with Crippen molar-refractivity contribution in [3.63, 3.8) is 0 Å². The number of rotatable bonds is 11. The molecule has 0 unspecified atom stereocenters. The number of halogens is 3. The van der Waals surface area contributed by atoms with E-state index < -0.39 is 35.7 Å². The molecule has 0 spiro atoms. The van der Waals surface area contributed by atoms with Gasteiger partial charge >= 0.3 is 18.2 Å². The molecular weight excluding hydrogens is 595 g/mol. The zero-order chi connectivity index (χ0) is 31.5. The average Bonchev–Trinajstić information content (AvgIpc) is 3.01. The fourth-order valence-corrected chi connectivity index (χ4v) is 4.95. The maximum absolute atomic E-state index is 13.4. The molecule has 228 valence electrons. The molecule has 12 heteroatoms. The van der Waals surface area contributed by atoms with Crippen LogP contribution >= 0.6 is 11.8 Å². The van der Waals surface area contributed by atoms with Gasteiger partial charge in [0.25, 0.3) is 5.91 Å². The number of alkyl halides is 3. The molecule has 4 aromatic carbocycles. The largest absolute Gasteiger partial charge is 0.480 e. The van der Waals surface area contributed by atoms with E-state index in [9.17, 15) is 32.7 Å². The summed E-state index contributed by atoms with van der Waals surface area (Å²) < 4.78 is 44.8. The summed E-state index contributed by atoms with van der Waals surface area (Å²) in [7, 11) is 0. The number of ether oxygens (including phenoxy) is 1. The van der Waals surface area contributed by atoms with Crippen LogP contribution in [0, 0.1) is 0 Å². The van der Waals surface area contributed by atoms with Gasteiger partial charge in [-0.3, -0.25) is 10.2 Å². The molecule has 3 N–H and O–H groups in total. The maximum Gasteiger partial charge on any atom is 0.416 e. The normalized spacial score (nSPS) is 11.7. The van der Waals surface area contributed by atoms with Gasteiger partial charge in [-0.2, -0.15) is 24.9 Å². The second-order valence-corrected chi connectivity index (χ2v) is 10.5. The van der Waals surface area contributed by atoms with Gasteiger partial charge in [-0.15, -0.1) is 0 Å². The van der Waals surface area contributed by atoms with Crippen LogP contribution in [0.3, 0.4) is 0 Å². The van der Waals surface area contributed by atoms with Gasteiger partial charge < -0.3 is 15.2 Å². The van der Waals surface area contributed by atoms with E-state index in [4.69, 9.17) is 4.74 Å². The topological polar surface area (TPSA) is 108 Å². The van der Waals surface area contributed by atoms with E-state index in [0.717, 1.165) is 34.8 Å². The van der Waals surface area contributed by atoms with E-state index in [1.54, 1.807) is 48.5 Å². The van der Waals surface area contributed by atoms with Crippen LogP contribution < -0.4 is 15.5 Å². The van der Waals surface area contributed by atoms with Gasteiger partial charge in [-0.1, -0.05) is 60.7 Å². The molecule has 44 heavy (non-hydrogen) atoms. The number of amides is 3. The van der Waals surface area contributed by atoms with Gasteiger partial charge in [0.2, 0.25) is 0 Å². The number of benzene rings is 4. The highest BCUT2D eigenvalue weighted by Gasteiger charge is 2.30. The van der Waals surface area contributed by atoms with Crippen molar-refractivity contribution in [3.05, 3.63) is 131 Å². The monoisotopic (exact) mass is 623 g/mol. The lowest BCUT2D eigenvalue weighted by Gasteiger charge is -2.26. The number of nitrogens with one attached hydrogen (secondary N) is 2. The Morgan fingerprint density at radius 1 is 0.818 bits per heavy atom. The lowest BCUT2D eigenvalue weighted by atomic mass is 10.1. The van der Waals surface area contributed by atoms with Crippen molar-refractivity contribution in [1.29, 1.82) is 0 Å². The first-order valence-corrected chi connectivity index (χ1v) is 14.5. The molecule has 0 aliphatic carbocycles. The minimum Gasteiger partial charge on any atom is -0.480 e. The van der Waals surface area contributed by atoms with Crippen molar-refractivity contribution in [3.8, 4) is 11.5 Å². The number of carboxylic acid groups (broad SMARTS) is 1. The van der Waals surface area contributed by atoms with E-state index in [1.807, 2.05) is 36.4 Å². The number of thioether (sulfide) groups is 1. The molecule has 3 amide bonds. The van der Waals surface area contributed by atoms with E-state index in [2.05, 4.69) is 10.7 Å². The standard InChI is InChI=1S/C32H28F3N3O5S/c33-32(34,35)25-16-14-24(15-17-25)29(39)37-38(19-23-10-7-13-27(18-23)43-26-11-5-2-6-12-26)31(42)36-28(30(40)41)21-44-20-22-8-3-1-4-9-22/h1-18,28H,19-21H2,(H,36,42)(H,37,39)(H,40,41)/t28-/m0/s1. The van der Waals surface area contributed by atoms with Crippen molar-refractivity contribution in [2.45, 2.75) is 24.5 Å². The fraction of sp³-hybridized carbons (Fsp3) is 0.156. The quantitative estimate of drug-likeness (QED) is 0.160.